The number of aryl methyl sites for hydroxylation is 1. The average molecular weight is 600 g/mol. The van der Waals surface area contributed by atoms with Gasteiger partial charge in [-0.2, -0.15) is 0 Å². The summed E-state index contributed by atoms with van der Waals surface area (Å²) in [7, 11) is 0. The molecule has 1 saturated heterocycles. The van der Waals surface area contributed by atoms with Crippen molar-refractivity contribution < 1.29 is 33.5 Å². The number of para-hydroxylation sites is 1. The number of nitrogens with one attached hydrogen (secondary N) is 1. The standard InChI is InChI=1S/C24H31ClN5O7PS/c1-13(2)35-22(32)14(3)29-38(39,37-16-9-7-6-8-10-16)34-11-17-19(31)24(5,33)23(36-17)30-12-26-18-20(25)27-15(4)28-21(18)30/h6-10,12-14,17,19,23,31,33H,11H2,1-5H3,(H,29,39)/t14?,17-,19-,23-,24-,38?/m1/s1. The van der Waals surface area contributed by atoms with Crippen LogP contribution in [0.1, 0.15) is 39.7 Å². The molecule has 0 radical (unpaired) electrons. The Kier molecular flexibility index (Phi) is 8.94. The Morgan fingerprint density at radius 3 is 2.67 bits per heavy atom. The predicted octanol–water partition coefficient (Wildman–Crippen LogP) is 3.05. The Hall–Kier alpha value is -2.22. The number of benzene rings is 1. The van der Waals surface area contributed by atoms with Crippen LogP contribution in [0.2, 0.25) is 5.15 Å². The minimum absolute atomic E-state index is 0.157. The van der Waals surface area contributed by atoms with Gasteiger partial charge in [-0.25, -0.2) is 20.0 Å². The first-order valence-electron chi connectivity index (χ1n) is 12.2. The summed E-state index contributed by atoms with van der Waals surface area (Å²) in [6.45, 7) is 4.51. The van der Waals surface area contributed by atoms with E-state index < -0.39 is 42.7 Å². The normalized spacial score (nSPS) is 25.5. The maximum Gasteiger partial charge on any atom is 0.323 e. The number of esters is 1. The SMILES string of the molecule is Cc1nc(Cl)c2ncn([C@@H]3O[C@H](COP(=S)(NC(C)C(=O)OC(C)C)Oc4ccccc4)[C@@H](O)[C@@]3(C)O)c2n1. The zero-order chi connectivity index (χ0) is 28.5. The fraction of sp³-hybridized carbons (Fsp3) is 0.500. The van der Waals surface area contributed by atoms with E-state index in [0.717, 1.165) is 0 Å². The number of imidazole rings is 1. The van der Waals surface area contributed by atoms with Crippen molar-refractivity contribution in [3.63, 3.8) is 0 Å². The van der Waals surface area contributed by atoms with E-state index in [2.05, 4.69) is 20.0 Å². The minimum Gasteiger partial charge on any atom is -0.462 e. The second-order valence-electron chi connectivity index (χ2n) is 9.62. The molecule has 3 heterocycles. The molecule has 0 aliphatic carbocycles. The number of fused-ring (bicyclic) bond motifs is 1. The van der Waals surface area contributed by atoms with Gasteiger partial charge in [0.2, 0.25) is 0 Å². The molecule has 2 aromatic heterocycles. The Bertz CT molecular complexity index is 1380. The number of rotatable bonds is 10. The van der Waals surface area contributed by atoms with Crippen molar-refractivity contribution in [3.8, 4) is 5.75 Å². The van der Waals surface area contributed by atoms with Crippen LogP contribution in [0.15, 0.2) is 36.7 Å². The van der Waals surface area contributed by atoms with E-state index in [4.69, 9.17) is 41.9 Å². The van der Waals surface area contributed by atoms with Crippen molar-refractivity contribution >= 4 is 47.2 Å². The van der Waals surface area contributed by atoms with Crippen molar-refractivity contribution in [3.05, 3.63) is 47.6 Å². The number of carbonyl (C=O) groups excluding carboxylic acids is 1. The Labute approximate surface area is 235 Å². The molecule has 6 atom stereocenters. The lowest BCUT2D eigenvalue weighted by Gasteiger charge is -2.28. The van der Waals surface area contributed by atoms with E-state index in [9.17, 15) is 15.0 Å². The van der Waals surface area contributed by atoms with Crippen LogP contribution in [0.3, 0.4) is 0 Å². The molecule has 212 valence electrons. The van der Waals surface area contributed by atoms with E-state index in [0.29, 0.717) is 22.7 Å². The van der Waals surface area contributed by atoms with Crippen LogP contribution in [0.4, 0.5) is 0 Å². The molecule has 0 saturated carbocycles. The monoisotopic (exact) mass is 599 g/mol. The van der Waals surface area contributed by atoms with E-state index in [1.807, 2.05) is 6.07 Å². The first-order chi connectivity index (χ1) is 18.3. The van der Waals surface area contributed by atoms with Gasteiger partial charge in [0.05, 0.1) is 19.0 Å². The zero-order valence-electron chi connectivity index (χ0n) is 22.0. The maximum atomic E-state index is 12.5. The molecule has 3 aromatic rings. The van der Waals surface area contributed by atoms with Gasteiger partial charge in [0.25, 0.3) is 0 Å². The third kappa shape index (κ3) is 6.58. The maximum absolute atomic E-state index is 12.5. The van der Waals surface area contributed by atoms with Crippen molar-refractivity contribution in [2.75, 3.05) is 6.61 Å². The quantitative estimate of drug-likeness (QED) is 0.178. The molecular formula is C24H31ClN5O7PS. The van der Waals surface area contributed by atoms with Gasteiger partial charge in [0.1, 0.15) is 40.9 Å². The first kappa shape index (κ1) is 29.8. The number of aromatic nitrogens is 4. The van der Waals surface area contributed by atoms with E-state index in [1.165, 1.54) is 17.8 Å². The van der Waals surface area contributed by atoms with Crippen molar-refractivity contribution in [1.29, 1.82) is 0 Å². The van der Waals surface area contributed by atoms with Crippen LogP contribution in [0, 0.1) is 6.92 Å². The highest BCUT2D eigenvalue weighted by molar-refractivity contribution is 8.09. The van der Waals surface area contributed by atoms with Gasteiger partial charge in [-0.15, -0.1) is 0 Å². The number of halogens is 1. The molecule has 1 aromatic carbocycles. The smallest absolute Gasteiger partial charge is 0.323 e. The molecule has 12 nitrogen and oxygen atoms in total. The number of nitrogens with zero attached hydrogens (tertiary/aromatic N) is 4. The number of ether oxygens (including phenoxy) is 2. The zero-order valence-corrected chi connectivity index (χ0v) is 24.5. The molecule has 1 aliphatic rings. The molecule has 0 spiro atoms. The van der Waals surface area contributed by atoms with Gasteiger partial charge in [-0.05, 0) is 58.6 Å². The highest BCUT2D eigenvalue weighted by Gasteiger charge is 2.54. The Balaban J connectivity index is 1.55. The van der Waals surface area contributed by atoms with Crippen molar-refractivity contribution in [1.82, 2.24) is 24.6 Å². The molecule has 3 N–H and O–H groups in total. The number of aliphatic hydroxyl groups is 2. The molecule has 39 heavy (non-hydrogen) atoms. The van der Waals surface area contributed by atoms with E-state index >= 15 is 0 Å². The molecule has 15 heteroatoms. The van der Waals surface area contributed by atoms with E-state index in [-0.39, 0.29) is 17.9 Å². The average Bonchev–Trinajstić information content (AvgIpc) is 3.36. The Morgan fingerprint density at radius 1 is 1.31 bits per heavy atom. The topological polar surface area (TPSA) is 150 Å². The number of carbonyl (C=O) groups is 1. The lowest BCUT2D eigenvalue weighted by Crippen LogP contribution is -2.44. The molecule has 4 rings (SSSR count). The second-order valence-corrected chi connectivity index (χ2v) is 13.1. The van der Waals surface area contributed by atoms with E-state index in [1.54, 1.807) is 52.0 Å². The van der Waals surface area contributed by atoms with Crippen LogP contribution < -0.4 is 9.61 Å². The van der Waals surface area contributed by atoms with Gasteiger partial charge in [-0.3, -0.25) is 9.36 Å². The summed E-state index contributed by atoms with van der Waals surface area (Å²) in [5, 5.41) is 25.4. The fourth-order valence-electron chi connectivity index (χ4n) is 4.04. The molecule has 0 bridgehead atoms. The van der Waals surface area contributed by atoms with Gasteiger partial charge >= 0.3 is 12.6 Å². The summed E-state index contributed by atoms with van der Waals surface area (Å²) in [6, 6.07) is 7.90. The van der Waals surface area contributed by atoms with Crippen LogP contribution >= 0.6 is 18.2 Å². The molecule has 1 aliphatic heterocycles. The third-order valence-electron chi connectivity index (χ3n) is 5.93. The second kappa shape index (κ2) is 11.7. The summed E-state index contributed by atoms with van der Waals surface area (Å²) >= 11 is 11.9. The third-order valence-corrected chi connectivity index (χ3v) is 8.70. The summed E-state index contributed by atoms with van der Waals surface area (Å²) in [4.78, 5) is 25.2. The Morgan fingerprint density at radius 2 is 2.00 bits per heavy atom. The molecule has 2 unspecified atom stereocenters. The number of hydrogen-bond acceptors (Lipinski definition) is 11. The van der Waals surface area contributed by atoms with Crippen LogP contribution in [0.25, 0.3) is 11.2 Å². The van der Waals surface area contributed by atoms with Gasteiger partial charge in [0, 0.05) is 0 Å². The van der Waals surface area contributed by atoms with Crippen LogP contribution in [0.5, 0.6) is 5.75 Å². The highest BCUT2D eigenvalue weighted by Crippen LogP contribution is 2.47. The minimum atomic E-state index is -3.39. The van der Waals surface area contributed by atoms with Crippen LogP contribution in [-0.2, 0) is 30.6 Å². The van der Waals surface area contributed by atoms with Crippen molar-refractivity contribution in [2.24, 2.45) is 0 Å². The lowest BCUT2D eigenvalue weighted by atomic mass is 9.96. The molecule has 1 fully saturated rings. The molecule has 0 amide bonds. The lowest BCUT2D eigenvalue weighted by molar-refractivity contribution is -0.149. The van der Waals surface area contributed by atoms with Crippen molar-refractivity contribution in [2.45, 2.75) is 70.8 Å². The van der Waals surface area contributed by atoms with Gasteiger partial charge in [-0.1, -0.05) is 29.8 Å². The van der Waals surface area contributed by atoms with Gasteiger partial charge < -0.3 is 28.7 Å². The largest absolute Gasteiger partial charge is 0.462 e. The van der Waals surface area contributed by atoms with Crippen LogP contribution in [-0.4, -0.2) is 72.3 Å². The fourth-order valence-corrected chi connectivity index (χ4v) is 6.71. The highest BCUT2D eigenvalue weighted by atomic mass is 35.5. The summed E-state index contributed by atoms with van der Waals surface area (Å²) < 4.78 is 24.8. The first-order valence-corrected chi connectivity index (χ1v) is 15.2. The number of hydrogen-bond donors (Lipinski definition) is 3. The number of aliphatic hydroxyl groups excluding tert-OH is 1. The molecular weight excluding hydrogens is 569 g/mol. The predicted molar refractivity (Wildman–Crippen MR) is 147 cm³/mol. The van der Waals surface area contributed by atoms with Gasteiger partial charge in [0.15, 0.2) is 17.0 Å². The summed E-state index contributed by atoms with van der Waals surface area (Å²) in [6.07, 6.45) is -2.41. The summed E-state index contributed by atoms with van der Waals surface area (Å²) in [5.41, 5.74) is -1.10. The summed E-state index contributed by atoms with van der Waals surface area (Å²) in [5.74, 6) is 0.303.